The van der Waals surface area contributed by atoms with Crippen LogP contribution < -0.4 is 5.32 Å². The number of halogens is 1. The van der Waals surface area contributed by atoms with Crippen LogP contribution in [0.15, 0.2) is 18.2 Å². The molecular formula is C15H19FN2. The van der Waals surface area contributed by atoms with Gasteiger partial charge >= 0.3 is 0 Å². The molecule has 1 aromatic rings. The van der Waals surface area contributed by atoms with Crippen LogP contribution in [0.4, 0.5) is 4.39 Å². The van der Waals surface area contributed by atoms with E-state index in [1.807, 2.05) is 6.07 Å². The van der Waals surface area contributed by atoms with E-state index in [1.54, 1.807) is 6.07 Å². The van der Waals surface area contributed by atoms with Crippen molar-refractivity contribution in [3.05, 3.63) is 35.1 Å². The number of benzene rings is 1. The van der Waals surface area contributed by atoms with Gasteiger partial charge in [0.15, 0.2) is 0 Å². The van der Waals surface area contributed by atoms with Crippen LogP contribution >= 0.6 is 0 Å². The van der Waals surface area contributed by atoms with Crippen LogP contribution in [0.25, 0.3) is 0 Å². The molecule has 0 saturated heterocycles. The Labute approximate surface area is 108 Å². The van der Waals surface area contributed by atoms with Gasteiger partial charge in [-0.15, -0.1) is 0 Å². The maximum atomic E-state index is 13.5. The summed E-state index contributed by atoms with van der Waals surface area (Å²) in [6, 6.07) is 6.54. The first-order chi connectivity index (χ1) is 8.69. The summed E-state index contributed by atoms with van der Waals surface area (Å²) in [6.45, 7) is 3.74. The lowest BCUT2D eigenvalue weighted by atomic mass is 10.1. The average molecular weight is 246 g/mol. The molecule has 18 heavy (non-hydrogen) atoms. The third kappa shape index (κ3) is 3.30. The lowest BCUT2D eigenvalue weighted by molar-refractivity contribution is 0.466. The SMILES string of the molecule is CC1CCC(CNCc2cc(C#N)ccc2F)C1. The van der Waals surface area contributed by atoms with Crippen LogP contribution in [0.2, 0.25) is 0 Å². The molecule has 2 unspecified atom stereocenters. The van der Waals surface area contributed by atoms with Crippen molar-refractivity contribution in [1.82, 2.24) is 5.32 Å². The maximum Gasteiger partial charge on any atom is 0.127 e. The second-order valence-corrected chi connectivity index (χ2v) is 5.33. The van der Waals surface area contributed by atoms with Crippen LogP contribution in [-0.2, 0) is 6.54 Å². The van der Waals surface area contributed by atoms with Gasteiger partial charge in [0.2, 0.25) is 0 Å². The molecule has 0 aliphatic heterocycles. The maximum absolute atomic E-state index is 13.5. The number of nitrogens with one attached hydrogen (secondary N) is 1. The predicted molar refractivity (Wildman–Crippen MR) is 69.3 cm³/mol. The van der Waals surface area contributed by atoms with Crippen molar-refractivity contribution in [1.29, 1.82) is 5.26 Å². The number of rotatable bonds is 4. The fourth-order valence-corrected chi connectivity index (χ4v) is 2.70. The predicted octanol–water partition coefficient (Wildman–Crippen LogP) is 3.22. The van der Waals surface area contributed by atoms with Gasteiger partial charge in [-0.1, -0.05) is 13.3 Å². The molecule has 1 aromatic carbocycles. The summed E-state index contributed by atoms with van der Waals surface area (Å²) >= 11 is 0. The monoisotopic (exact) mass is 246 g/mol. The lowest BCUT2D eigenvalue weighted by Crippen LogP contribution is -2.21. The molecular weight excluding hydrogens is 227 g/mol. The molecule has 2 atom stereocenters. The van der Waals surface area contributed by atoms with Gasteiger partial charge in [-0.05, 0) is 49.4 Å². The minimum absolute atomic E-state index is 0.235. The van der Waals surface area contributed by atoms with Gasteiger partial charge in [0.1, 0.15) is 5.82 Å². The minimum Gasteiger partial charge on any atom is -0.312 e. The van der Waals surface area contributed by atoms with E-state index in [2.05, 4.69) is 12.2 Å². The summed E-state index contributed by atoms with van der Waals surface area (Å²) in [6.07, 6.45) is 3.85. The van der Waals surface area contributed by atoms with Crippen molar-refractivity contribution in [2.75, 3.05) is 6.54 Å². The zero-order valence-corrected chi connectivity index (χ0v) is 10.7. The number of nitriles is 1. The van der Waals surface area contributed by atoms with Crippen LogP contribution in [0.5, 0.6) is 0 Å². The highest BCUT2D eigenvalue weighted by Gasteiger charge is 2.20. The van der Waals surface area contributed by atoms with Gasteiger partial charge in [-0.3, -0.25) is 0 Å². The van der Waals surface area contributed by atoms with E-state index in [0.29, 0.717) is 17.7 Å². The third-order valence-electron chi connectivity index (χ3n) is 3.73. The fourth-order valence-electron chi connectivity index (χ4n) is 2.70. The van der Waals surface area contributed by atoms with E-state index in [1.165, 1.54) is 31.4 Å². The standard InChI is InChI=1S/C15H19FN2/c1-11-2-3-13(6-11)9-18-10-14-7-12(8-17)4-5-15(14)16/h4-5,7,11,13,18H,2-3,6,9-10H2,1H3. The molecule has 0 radical (unpaired) electrons. The molecule has 1 N–H and O–H groups in total. The Balaban J connectivity index is 1.85. The zero-order valence-electron chi connectivity index (χ0n) is 10.7. The molecule has 3 heteroatoms. The van der Waals surface area contributed by atoms with E-state index < -0.39 is 0 Å². The molecule has 0 bridgehead atoms. The Bertz CT molecular complexity index is 450. The van der Waals surface area contributed by atoms with Crippen molar-refractivity contribution in [3.8, 4) is 6.07 Å². The highest BCUT2D eigenvalue weighted by Crippen LogP contribution is 2.29. The molecule has 1 saturated carbocycles. The minimum atomic E-state index is -0.235. The highest BCUT2D eigenvalue weighted by molar-refractivity contribution is 5.33. The van der Waals surface area contributed by atoms with Crippen molar-refractivity contribution in [2.45, 2.75) is 32.7 Å². The van der Waals surface area contributed by atoms with E-state index in [0.717, 1.165) is 18.4 Å². The number of hydrogen-bond acceptors (Lipinski definition) is 2. The number of hydrogen-bond donors (Lipinski definition) is 1. The molecule has 0 spiro atoms. The van der Waals surface area contributed by atoms with E-state index in [9.17, 15) is 4.39 Å². The first kappa shape index (κ1) is 13.0. The Morgan fingerprint density at radius 3 is 2.94 bits per heavy atom. The van der Waals surface area contributed by atoms with Crippen molar-refractivity contribution in [2.24, 2.45) is 11.8 Å². The van der Waals surface area contributed by atoms with Gasteiger partial charge in [0, 0.05) is 12.1 Å². The quantitative estimate of drug-likeness (QED) is 0.885. The molecule has 0 aromatic heterocycles. The van der Waals surface area contributed by atoms with E-state index in [-0.39, 0.29) is 5.82 Å². The van der Waals surface area contributed by atoms with Crippen molar-refractivity contribution in [3.63, 3.8) is 0 Å². The lowest BCUT2D eigenvalue weighted by Gasteiger charge is -2.11. The van der Waals surface area contributed by atoms with Gasteiger partial charge in [-0.25, -0.2) is 4.39 Å². The topological polar surface area (TPSA) is 35.8 Å². The molecule has 1 aliphatic rings. The second kappa shape index (κ2) is 5.97. The molecule has 1 aliphatic carbocycles. The fraction of sp³-hybridized carbons (Fsp3) is 0.533. The summed E-state index contributed by atoms with van der Waals surface area (Å²) in [5.41, 5.74) is 1.10. The van der Waals surface area contributed by atoms with Crippen molar-refractivity contribution < 1.29 is 4.39 Å². The first-order valence-electron chi connectivity index (χ1n) is 6.58. The molecule has 2 nitrogen and oxygen atoms in total. The van der Waals surface area contributed by atoms with Gasteiger partial charge in [0.25, 0.3) is 0 Å². The normalized spacial score (nSPS) is 22.9. The summed E-state index contributed by atoms with van der Waals surface area (Å²) in [5, 5.41) is 12.1. The Kier molecular flexibility index (Phi) is 4.33. The molecule has 1 fully saturated rings. The van der Waals surface area contributed by atoms with Gasteiger partial charge in [0.05, 0.1) is 11.6 Å². The van der Waals surface area contributed by atoms with Crippen molar-refractivity contribution >= 4 is 0 Å². The summed E-state index contributed by atoms with van der Waals surface area (Å²) in [7, 11) is 0. The van der Waals surface area contributed by atoms with Crippen LogP contribution in [0.1, 0.15) is 37.3 Å². The molecule has 96 valence electrons. The smallest absolute Gasteiger partial charge is 0.127 e. The number of nitrogens with zero attached hydrogens (tertiary/aromatic N) is 1. The van der Waals surface area contributed by atoms with Gasteiger partial charge in [-0.2, -0.15) is 5.26 Å². The summed E-state index contributed by atoms with van der Waals surface area (Å²) in [5.74, 6) is 1.32. The van der Waals surface area contributed by atoms with Crippen LogP contribution in [0.3, 0.4) is 0 Å². The zero-order chi connectivity index (χ0) is 13.0. The highest BCUT2D eigenvalue weighted by atomic mass is 19.1. The van der Waals surface area contributed by atoms with Gasteiger partial charge < -0.3 is 5.32 Å². The summed E-state index contributed by atoms with van der Waals surface area (Å²) < 4.78 is 13.5. The third-order valence-corrected chi connectivity index (χ3v) is 3.73. The van der Waals surface area contributed by atoms with E-state index >= 15 is 0 Å². The molecule has 0 amide bonds. The first-order valence-corrected chi connectivity index (χ1v) is 6.58. The Hall–Kier alpha value is -1.40. The second-order valence-electron chi connectivity index (χ2n) is 5.33. The molecule has 0 heterocycles. The van der Waals surface area contributed by atoms with Crippen LogP contribution in [0, 0.1) is 29.0 Å². The largest absolute Gasteiger partial charge is 0.312 e. The van der Waals surface area contributed by atoms with E-state index in [4.69, 9.17) is 5.26 Å². The summed E-state index contributed by atoms with van der Waals surface area (Å²) in [4.78, 5) is 0. The Morgan fingerprint density at radius 1 is 1.44 bits per heavy atom. The molecule has 2 rings (SSSR count). The van der Waals surface area contributed by atoms with Crippen LogP contribution in [-0.4, -0.2) is 6.54 Å². The average Bonchev–Trinajstić information content (AvgIpc) is 2.77. The Morgan fingerprint density at radius 2 is 2.28 bits per heavy atom.